The molecule has 1 unspecified atom stereocenters. The SMILES string of the molecule is COc1ccc(CCC(N)C(F)(F)F)cc1C. The van der Waals surface area contributed by atoms with E-state index in [-0.39, 0.29) is 6.42 Å². The van der Waals surface area contributed by atoms with E-state index in [1.165, 1.54) is 0 Å². The van der Waals surface area contributed by atoms with Crippen molar-refractivity contribution >= 4 is 0 Å². The lowest BCUT2D eigenvalue weighted by atomic mass is 10.0. The summed E-state index contributed by atoms with van der Waals surface area (Å²) in [5.41, 5.74) is 6.79. The third-order valence-electron chi connectivity index (χ3n) is 2.62. The second-order valence-electron chi connectivity index (χ2n) is 3.99. The third kappa shape index (κ3) is 3.93. The first-order valence-corrected chi connectivity index (χ1v) is 5.30. The van der Waals surface area contributed by atoms with E-state index in [9.17, 15) is 13.2 Å². The highest BCUT2D eigenvalue weighted by atomic mass is 19.4. The molecule has 17 heavy (non-hydrogen) atoms. The first-order chi connectivity index (χ1) is 7.84. The summed E-state index contributed by atoms with van der Waals surface area (Å²) in [5.74, 6) is 0.730. The zero-order chi connectivity index (χ0) is 13.1. The molecule has 1 aromatic carbocycles. The van der Waals surface area contributed by atoms with Crippen LogP contribution < -0.4 is 10.5 Å². The Hall–Kier alpha value is -1.23. The average Bonchev–Trinajstić information content (AvgIpc) is 2.24. The number of nitrogens with two attached hydrogens (primary N) is 1. The quantitative estimate of drug-likeness (QED) is 0.888. The summed E-state index contributed by atoms with van der Waals surface area (Å²) < 4.78 is 41.7. The summed E-state index contributed by atoms with van der Waals surface area (Å²) in [5, 5.41) is 0. The number of hydrogen-bond donors (Lipinski definition) is 1. The Balaban J connectivity index is 2.61. The van der Waals surface area contributed by atoms with Crippen LogP contribution in [0.5, 0.6) is 5.75 Å². The number of benzene rings is 1. The molecule has 2 N–H and O–H groups in total. The molecule has 0 saturated heterocycles. The lowest BCUT2D eigenvalue weighted by Gasteiger charge is -2.15. The minimum absolute atomic E-state index is 0.102. The highest BCUT2D eigenvalue weighted by molar-refractivity contribution is 5.36. The van der Waals surface area contributed by atoms with Gasteiger partial charge in [-0.1, -0.05) is 12.1 Å². The van der Waals surface area contributed by atoms with E-state index in [0.29, 0.717) is 6.42 Å². The average molecular weight is 247 g/mol. The third-order valence-corrected chi connectivity index (χ3v) is 2.62. The molecule has 0 spiro atoms. The highest BCUT2D eigenvalue weighted by Gasteiger charge is 2.35. The molecule has 1 aromatic rings. The zero-order valence-corrected chi connectivity index (χ0v) is 9.84. The molecule has 96 valence electrons. The van der Waals surface area contributed by atoms with Crippen molar-refractivity contribution in [3.05, 3.63) is 29.3 Å². The Morgan fingerprint density at radius 2 is 2.00 bits per heavy atom. The van der Waals surface area contributed by atoms with E-state index in [1.807, 2.05) is 13.0 Å². The molecule has 0 aromatic heterocycles. The minimum Gasteiger partial charge on any atom is -0.496 e. The second-order valence-corrected chi connectivity index (χ2v) is 3.99. The van der Waals surface area contributed by atoms with Crippen LogP contribution in [-0.2, 0) is 6.42 Å². The van der Waals surface area contributed by atoms with Gasteiger partial charge in [-0.3, -0.25) is 0 Å². The highest BCUT2D eigenvalue weighted by Crippen LogP contribution is 2.23. The molecule has 0 heterocycles. The van der Waals surface area contributed by atoms with E-state index in [1.54, 1.807) is 19.2 Å². The van der Waals surface area contributed by atoms with Crippen LogP contribution in [-0.4, -0.2) is 19.3 Å². The maximum Gasteiger partial charge on any atom is 0.403 e. The largest absolute Gasteiger partial charge is 0.496 e. The van der Waals surface area contributed by atoms with Crippen LogP contribution in [0.3, 0.4) is 0 Å². The Morgan fingerprint density at radius 1 is 1.35 bits per heavy atom. The molecule has 0 fully saturated rings. The van der Waals surface area contributed by atoms with Gasteiger partial charge in [0.1, 0.15) is 11.8 Å². The molecule has 0 aliphatic heterocycles. The predicted octanol–water partition coefficient (Wildman–Crippen LogP) is 2.83. The molecule has 2 nitrogen and oxygen atoms in total. The summed E-state index contributed by atoms with van der Waals surface area (Å²) in [6.45, 7) is 1.85. The van der Waals surface area contributed by atoms with Crippen molar-refractivity contribution < 1.29 is 17.9 Å². The number of hydrogen-bond acceptors (Lipinski definition) is 2. The topological polar surface area (TPSA) is 35.2 Å². The lowest BCUT2D eigenvalue weighted by molar-refractivity contribution is -0.148. The summed E-state index contributed by atoms with van der Waals surface area (Å²) in [6.07, 6.45) is -4.11. The summed E-state index contributed by atoms with van der Waals surface area (Å²) in [4.78, 5) is 0. The van der Waals surface area contributed by atoms with Gasteiger partial charge in [0.05, 0.1) is 7.11 Å². The first-order valence-electron chi connectivity index (χ1n) is 5.30. The van der Waals surface area contributed by atoms with Crippen molar-refractivity contribution in [2.24, 2.45) is 5.73 Å². The molecule has 0 saturated carbocycles. The van der Waals surface area contributed by atoms with Crippen LogP contribution in [0, 0.1) is 6.92 Å². The van der Waals surface area contributed by atoms with Gasteiger partial charge in [0, 0.05) is 0 Å². The molecule has 5 heteroatoms. The number of halogens is 3. The Bertz CT molecular complexity index is 377. The first kappa shape index (κ1) is 13.8. The number of aryl methyl sites for hydroxylation is 2. The van der Waals surface area contributed by atoms with Crippen LogP contribution in [0.2, 0.25) is 0 Å². The fourth-order valence-electron chi connectivity index (χ4n) is 1.58. The van der Waals surface area contributed by atoms with Crippen molar-refractivity contribution in [2.45, 2.75) is 32.0 Å². The van der Waals surface area contributed by atoms with Gasteiger partial charge in [-0.25, -0.2) is 0 Å². The minimum atomic E-state index is -4.32. The van der Waals surface area contributed by atoms with Crippen LogP contribution in [0.4, 0.5) is 13.2 Å². The Morgan fingerprint density at radius 3 is 2.47 bits per heavy atom. The second kappa shape index (κ2) is 5.40. The van der Waals surface area contributed by atoms with Gasteiger partial charge in [0.25, 0.3) is 0 Å². The smallest absolute Gasteiger partial charge is 0.403 e. The molecule has 0 amide bonds. The number of methoxy groups -OCH3 is 1. The van der Waals surface area contributed by atoms with E-state index in [0.717, 1.165) is 16.9 Å². The van der Waals surface area contributed by atoms with Crippen molar-refractivity contribution in [2.75, 3.05) is 7.11 Å². The number of ether oxygens (including phenoxy) is 1. The summed E-state index contributed by atoms with van der Waals surface area (Å²) in [6, 6.07) is 3.57. The molecule has 0 aliphatic rings. The maximum absolute atomic E-state index is 12.2. The van der Waals surface area contributed by atoms with Crippen molar-refractivity contribution in [3.63, 3.8) is 0 Å². The van der Waals surface area contributed by atoms with E-state index >= 15 is 0 Å². The lowest BCUT2D eigenvalue weighted by Crippen LogP contribution is -2.37. The van der Waals surface area contributed by atoms with Gasteiger partial charge < -0.3 is 10.5 Å². The van der Waals surface area contributed by atoms with Gasteiger partial charge in [0.2, 0.25) is 0 Å². The Labute approximate surface area is 98.6 Å². The zero-order valence-electron chi connectivity index (χ0n) is 9.84. The van der Waals surface area contributed by atoms with Crippen LogP contribution in [0.1, 0.15) is 17.5 Å². The van der Waals surface area contributed by atoms with Crippen LogP contribution in [0.15, 0.2) is 18.2 Å². The molecule has 1 atom stereocenters. The van der Waals surface area contributed by atoms with E-state index in [2.05, 4.69) is 0 Å². The number of alkyl halides is 3. The van der Waals surface area contributed by atoms with Gasteiger partial charge in [0.15, 0.2) is 0 Å². The van der Waals surface area contributed by atoms with Crippen LogP contribution in [0.25, 0.3) is 0 Å². The normalized spacial score (nSPS) is 13.5. The van der Waals surface area contributed by atoms with Gasteiger partial charge >= 0.3 is 6.18 Å². The molecule has 0 radical (unpaired) electrons. The fourth-order valence-corrected chi connectivity index (χ4v) is 1.58. The molecule has 1 rings (SSSR count). The van der Waals surface area contributed by atoms with Crippen molar-refractivity contribution in [3.8, 4) is 5.75 Å². The van der Waals surface area contributed by atoms with Gasteiger partial charge in [-0.2, -0.15) is 13.2 Å². The number of rotatable bonds is 4. The van der Waals surface area contributed by atoms with Crippen molar-refractivity contribution in [1.82, 2.24) is 0 Å². The molecular formula is C12H16F3NO. The molecule has 0 bridgehead atoms. The van der Waals surface area contributed by atoms with Gasteiger partial charge in [-0.15, -0.1) is 0 Å². The summed E-state index contributed by atoms with van der Waals surface area (Å²) >= 11 is 0. The van der Waals surface area contributed by atoms with Crippen molar-refractivity contribution in [1.29, 1.82) is 0 Å². The monoisotopic (exact) mass is 247 g/mol. The molecule has 0 aliphatic carbocycles. The van der Waals surface area contributed by atoms with E-state index in [4.69, 9.17) is 10.5 Å². The maximum atomic E-state index is 12.2. The Kier molecular flexibility index (Phi) is 4.40. The fraction of sp³-hybridized carbons (Fsp3) is 0.500. The predicted molar refractivity (Wildman–Crippen MR) is 60.1 cm³/mol. The summed E-state index contributed by atoms with van der Waals surface area (Å²) in [7, 11) is 1.56. The standard InChI is InChI=1S/C12H16F3NO/c1-8-7-9(3-5-10(8)17-2)4-6-11(16)12(13,14)15/h3,5,7,11H,4,6,16H2,1-2H3. The molecular weight excluding hydrogens is 231 g/mol. The van der Waals surface area contributed by atoms with Gasteiger partial charge in [-0.05, 0) is 37.0 Å². The van der Waals surface area contributed by atoms with E-state index < -0.39 is 12.2 Å². The van der Waals surface area contributed by atoms with Crippen LogP contribution >= 0.6 is 0 Å².